The minimum Gasteiger partial charge on any atom is -0.310 e. The van der Waals surface area contributed by atoms with E-state index in [2.05, 4.69) is 17.3 Å². The Labute approximate surface area is 202 Å². The molecule has 1 aliphatic carbocycles. The van der Waals surface area contributed by atoms with Crippen LogP contribution >= 0.6 is 11.8 Å². The summed E-state index contributed by atoms with van der Waals surface area (Å²) in [5, 5.41) is 8.45. The molecule has 8 heteroatoms. The molecule has 0 unspecified atom stereocenters. The summed E-state index contributed by atoms with van der Waals surface area (Å²) < 4.78 is 3.53. The van der Waals surface area contributed by atoms with Crippen LogP contribution in [0.25, 0.3) is 16.6 Å². The predicted molar refractivity (Wildman–Crippen MR) is 136 cm³/mol. The van der Waals surface area contributed by atoms with E-state index >= 15 is 0 Å². The maximum Gasteiger partial charge on any atom is 0.266 e. The summed E-state index contributed by atoms with van der Waals surface area (Å²) in [6.07, 6.45) is 7.21. The highest BCUT2D eigenvalue weighted by Crippen LogP contribution is 2.31. The Bertz CT molecular complexity index is 1370. The van der Waals surface area contributed by atoms with E-state index in [9.17, 15) is 9.59 Å². The van der Waals surface area contributed by atoms with Crippen molar-refractivity contribution in [1.29, 1.82) is 0 Å². The van der Waals surface area contributed by atoms with Gasteiger partial charge in [0.15, 0.2) is 5.16 Å². The number of carbonyl (C=O) groups excluding carboxylic acids is 1. The number of nitrogens with one attached hydrogen (secondary N) is 1. The Balaban J connectivity index is 1.41. The Morgan fingerprint density at radius 3 is 2.62 bits per heavy atom. The second kappa shape index (κ2) is 9.85. The molecule has 174 valence electrons. The lowest BCUT2D eigenvalue weighted by atomic mass is 10.1. The maximum atomic E-state index is 13.4. The van der Waals surface area contributed by atoms with Gasteiger partial charge in [-0.15, -0.1) is 0 Å². The number of anilines is 1. The van der Waals surface area contributed by atoms with E-state index < -0.39 is 0 Å². The average Bonchev–Trinajstić information content (AvgIpc) is 3.55. The molecule has 2 heterocycles. The van der Waals surface area contributed by atoms with Crippen LogP contribution in [0.1, 0.15) is 44.2 Å². The number of aromatic nitrogens is 4. The highest BCUT2D eigenvalue weighted by atomic mass is 32.2. The summed E-state index contributed by atoms with van der Waals surface area (Å²) >= 11 is 1.26. The standard InChI is InChI=1S/C26H27N5O2S/c1-2-18-11-13-19(14-12-18)30-25(33)21-9-5-6-10-22(21)28-26(30)34-17-24(32)29-23-15-16-27-31(23)20-7-3-4-8-20/h5-6,9-16,20H,2-4,7-8,17H2,1H3,(H,29,32). The number of hydrogen-bond acceptors (Lipinski definition) is 5. The van der Waals surface area contributed by atoms with Crippen LogP contribution < -0.4 is 10.9 Å². The van der Waals surface area contributed by atoms with Crippen LogP contribution in [0.5, 0.6) is 0 Å². The Morgan fingerprint density at radius 1 is 1.09 bits per heavy atom. The van der Waals surface area contributed by atoms with Gasteiger partial charge in [0.05, 0.1) is 34.6 Å². The zero-order valence-corrected chi connectivity index (χ0v) is 19.9. The van der Waals surface area contributed by atoms with Crippen molar-refractivity contribution in [2.45, 2.75) is 50.2 Å². The first-order chi connectivity index (χ1) is 16.6. The van der Waals surface area contributed by atoms with Crippen LogP contribution in [-0.4, -0.2) is 31.0 Å². The monoisotopic (exact) mass is 473 g/mol. The fourth-order valence-electron chi connectivity index (χ4n) is 4.48. The quantitative estimate of drug-likeness (QED) is 0.302. The topological polar surface area (TPSA) is 81.8 Å². The number of carbonyl (C=O) groups is 1. The van der Waals surface area contributed by atoms with Gasteiger partial charge in [0.2, 0.25) is 5.91 Å². The van der Waals surface area contributed by atoms with Crippen molar-refractivity contribution >= 4 is 34.4 Å². The minimum atomic E-state index is -0.153. The molecule has 1 amide bonds. The zero-order valence-electron chi connectivity index (χ0n) is 19.1. The van der Waals surface area contributed by atoms with E-state index in [4.69, 9.17) is 4.98 Å². The largest absolute Gasteiger partial charge is 0.310 e. The van der Waals surface area contributed by atoms with Crippen molar-refractivity contribution in [1.82, 2.24) is 19.3 Å². The number of hydrogen-bond donors (Lipinski definition) is 1. The lowest BCUT2D eigenvalue weighted by Crippen LogP contribution is -2.23. The summed E-state index contributed by atoms with van der Waals surface area (Å²) in [5.41, 5.74) is 2.41. The third-order valence-electron chi connectivity index (χ3n) is 6.29. The van der Waals surface area contributed by atoms with Gasteiger partial charge >= 0.3 is 0 Å². The number of fused-ring (bicyclic) bond motifs is 1. The lowest BCUT2D eigenvalue weighted by Gasteiger charge is -2.15. The molecule has 5 rings (SSSR count). The molecule has 0 bridgehead atoms. The van der Waals surface area contributed by atoms with Crippen molar-refractivity contribution in [3.8, 4) is 5.69 Å². The molecular formula is C26H27N5O2S. The molecule has 0 atom stereocenters. The fourth-order valence-corrected chi connectivity index (χ4v) is 5.29. The van der Waals surface area contributed by atoms with Gasteiger partial charge in [-0.2, -0.15) is 5.10 Å². The van der Waals surface area contributed by atoms with Crippen LogP contribution in [0.4, 0.5) is 5.82 Å². The maximum absolute atomic E-state index is 13.4. The van der Waals surface area contributed by atoms with Crippen molar-refractivity contribution < 1.29 is 4.79 Å². The lowest BCUT2D eigenvalue weighted by molar-refractivity contribution is -0.113. The van der Waals surface area contributed by atoms with Crippen molar-refractivity contribution in [2.75, 3.05) is 11.1 Å². The van der Waals surface area contributed by atoms with Crippen LogP contribution in [-0.2, 0) is 11.2 Å². The summed E-state index contributed by atoms with van der Waals surface area (Å²) in [5.74, 6) is 0.699. The summed E-state index contributed by atoms with van der Waals surface area (Å²) in [7, 11) is 0. The van der Waals surface area contributed by atoms with E-state index in [0.29, 0.717) is 22.1 Å². The molecule has 34 heavy (non-hydrogen) atoms. The van der Waals surface area contributed by atoms with Gasteiger partial charge in [0.1, 0.15) is 5.82 Å². The molecule has 1 N–H and O–H groups in total. The van der Waals surface area contributed by atoms with Gasteiger partial charge in [0.25, 0.3) is 5.56 Å². The molecule has 0 spiro atoms. The Kier molecular flexibility index (Phi) is 6.49. The van der Waals surface area contributed by atoms with Crippen LogP contribution in [0, 0.1) is 0 Å². The molecule has 0 saturated heterocycles. The van der Waals surface area contributed by atoms with Crippen LogP contribution in [0.15, 0.2) is 70.7 Å². The van der Waals surface area contributed by atoms with Gasteiger partial charge in [0, 0.05) is 6.07 Å². The van der Waals surface area contributed by atoms with Gasteiger partial charge in [-0.25, -0.2) is 9.67 Å². The first-order valence-electron chi connectivity index (χ1n) is 11.7. The van der Waals surface area contributed by atoms with E-state index in [-0.39, 0.29) is 17.2 Å². The third-order valence-corrected chi connectivity index (χ3v) is 7.23. The summed E-state index contributed by atoms with van der Waals surface area (Å²) in [6, 6.07) is 17.4. The van der Waals surface area contributed by atoms with E-state index in [0.717, 1.165) is 30.8 Å². The smallest absolute Gasteiger partial charge is 0.266 e. The molecule has 4 aromatic rings. The van der Waals surface area contributed by atoms with Crippen LogP contribution in [0.3, 0.4) is 0 Å². The van der Waals surface area contributed by atoms with Gasteiger partial charge in [-0.1, -0.05) is 55.8 Å². The fraction of sp³-hybridized carbons (Fsp3) is 0.308. The summed E-state index contributed by atoms with van der Waals surface area (Å²) in [6.45, 7) is 2.09. The van der Waals surface area contributed by atoms with E-state index in [1.165, 1.54) is 30.2 Å². The molecule has 7 nitrogen and oxygen atoms in total. The predicted octanol–water partition coefficient (Wildman–Crippen LogP) is 4.99. The number of thioether (sulfide) groups is 1. The van der Waals surface area contributed by atoms with Gasteiger partial charge in [-0.3, -0.25) is 14.2 Å². The van der Waals surface area contributed by atoms with Gasteiger partial charge < -0.3 is 5.32 Å². The number of nitrogens with zero attached hydrogens (tertiary/aromatic N) is 4. The van der Waals surface area contributed by atoms with Gasteiger partial charge in [-0.05, 0) is 49.1 Å². The highest BCUT2D eigenvalue weighted by molar-refractivity contribution is 7.99. The average molecular weight is 474 g/mol. The molecule has 2 aromatic heterocycles. The number of rotatable bonds is 7. The van der Waals surface area contributed by atoms with E-state index in [1.807, 2.05) is 53.2 Å². The molecule has 0 radical (unpaired) electrons. The number of para-hydroxylation sites is 1. The summed E-state index contributed by atoms with van der Waals surface area (Å²) in [4.78, 5) is 31.0. The number of benzene rings is 2. The molecular weight excluding hydrogens is 446 g/mol. The van der Waals surface area contributed by atoms with E-state index in [1.54, 1.807) is 16.8 Å². The van der Waals surface area contributed by atoms with Crippen LogP contribution in [0.2, 0.25) is 0 Å². The number of amides is 1. The molecule has 2 aromatic carbocycles. The van der Waals surface area contributed by atoms with Crippen molar-refractivity contribution in [3.05, 3.63) is 76.7 Å². The minimum absolute atomic E-state index is 0.133. The Morgan fingerprint density at radius 2 is 1.85 bits per heavy atom. The second-order valence-corrected chi connectivity index (χ2v) is 9.45. The highest BCUT2D eigenvalue weighted by Gasteiger charge is 2.21. The zero-order chi connectivity index (χ0) is 23.5. The molecule has 1 fully saturated rings. The molecule has 1 aliphatic rings. The normalized spacial score (nSPS) is 14.0. The first kappa shape index (κ1) is 22.4. The third kappa shape index (κ3) is 4.50. The number of aryl methyl sites for hydroxylation is 1. The molecule has 0 aliphatic heterocycles. The second-order valence-electron chi connectivity index (χ2n) is 8.51. The first-order valence-corrected chi connectivity index (χ1v) is 12.7. The van der Waals surface area contributed by atoms with Crippen molar-refractivity contribution in [2.24, 2.45) is 0 Å². The SMILES string of the molecule is CCc1ccc(-n2c(SCC(=O)Nc3ccnn3C3CCCC3)nc3ccccc3c2=O)cc1. The molecule has 1 saturated carbocycles. The Hall–Kier alpha value is -3.39. The van der Waals surface area contributed by atoms with Crippen molar-refractivity contribution in [3.63, 3.8) is 0 Å².